The highest BCUT2D eigenvalue weighted by Crippen LogP contribution is 2.42. The molecule has 4 nitrogen and oxygen atoms in total. The predicted molar refractivity (Wildman–Crippen MR) is 95.6 cm³/mol. The Hall–Kier alpha value is -1.36. The number of benzene rings is 1. The lowest BCUT2D eigenvalue weighted by Gasteiger charge is -2.27. The van der Waals surface area contributed by atoms with Crippen LogP contribution in [-0.2, 0) is 17.6 Å². The molecule has 1 atom stereocenters. The van der Waals surface area contributed by atoms with Gasteiger partial charge in [0.05, 0.1) is 0 Å². The van der Waals surface area contributed by atoms with Gasteiger partial charge in [-0.05, 0) is 57.7 Å². The minimum absolute atomic E-state index is 0.0562. The standard InChI is InChI=1S/C18H26N2O2S/c1-12(19-17(21)22-18(2,3)4)11-20-9-7-13-5-6-15-14(16(13)20)8-10-23-15/h5-6,12H,7-11H2,1-4H3,(H,19,21). The number of alkyl carbamates (subject to hydrolysis) is 1. The van der Waals surface area contributed by atoms with Gasteiger partial charge in [0.1, 0.15) is 5.60 Å². The quantitative estimate of drug-likeness (QED) is 0.917. The number of nitrogens with one attached hydrogen (secondary N) is 1. The van der Waals surface area contributed by atoms with Crippen LogP contribution in [0.2, 0.25) is 0 Å². The number of carbonyl (C=O) groups excluding carboxylic acids is 1. The average Bonchev–Trinajstić information content (AvgIpc) is 3.01. The lowest BCUT2D eigenvalue weighted by Crippen LogP contribution is -2.43. The van der Waals surface area contributed by atoms with Crippen molar-refractivity contribution in [3.05, 3.63) is 23.3 Å². The van der Waals surface area contributed by atoms with Gasteiger partial charge in [-0.15, -0.1) is 11.8 Å². The van der Waals surface area contributed by atoms with Crippen LogP contribution in [0.4, 0.5) is 10.5 Å². The zero-order chi connectivity index (χ0) is 16.6. The normalized spacial score (nSPS) is 17.7. The second-order valence-corrected chi connectivity index (χ2v) is 8.53. The molecule has 0 aliphatic carbocycles. The Morgan fingerprint density at radius 1 is 1.39 bits per heavy atom. The molecule has 126 valence electrons. The second-order valence-electron chi connectivity index (χ2n) is 7.39. The predicted octanol–water partition coefficient (Wildman–Crippen LogP) is 3.61. The van der Waals surface area contributed by atoms with Gasteiger partial charge in [-0.2, -0.15) is 0 Å². The Kier molecular flexibility index (Phi) is 4.50. The number of nitrogens with zero attached hydrogens (tertiary/aromatic N) is 1. The van der Waals surface area contributed by atoms with E-state index in [1.807, 2.05) is 39.5 Å². The summed E-state index contributed by atoms with van der Waals surface area (Å²) >= 11 is 1.96. The fourth-order valence-corrected chi connectivity index (χ4v) is 4.40. The Bertz CT molecular complexity index is 610. The number of amides is 1. The highest BCUT2D eigenvalue weighted by Gasteiger charge is 2.28. The highest BCUT2D eigenvalue weighted by molar-refractivity contribution is 7.99. The maximum absolute atomic E-state index is 11.9. The number of fused-ring (bicyclic) bond motifs is 3. The van der Waals surface area contributed by atoms with Crippen LogP contribution >= 0.6 is 11.8 Å². The molecule has 1 unspecified atom stereocenters. The molecule has 3 rings (SSSR count). The van der Waals surface area contributed by atoms with Crippen molar-refractivity contribution in [3.8, 4) is 0 Å². The van der Waals surface area contributed by atoms with Crippen LogP contribution in [0, 0.1) is 0 Å². The number of thioether (sulfide) groups is 1. The SMILES string of the molecule is CC(CN1CCc2ccc3c(c21)CCS3)NC(=O)OC(C)(C)C. The van der Waals surface area contributed by atoms with Crippen molar-refractivity contribution < 1.29 is 9.53 Å². The molecule has 0 saturated heterocycles. The van der Waals surface area contributed by atoms with Gasteiger partial charge >= 0.3 is 6.09 Å². The fraction of sp³-hybridized carbons (Fsp3) is 0.611. The molecule has 0 spiro atoms. The van der Waals surface area contributed by atoms with Crippen molar-refractivity contribution in [1.82, 2.24) is 5.32 Å². The summed E-state index contributed by atoms with van der Waals surface area (Å²) in [6, 6.07) is 4.61. The van der Waals surface area contributed by atoms with E-state index in [-0.39, 0.29) is 12.1 Å². The van der Waals surface area contributed by atoms with Gasteiger partial charge in [0.2, 0.25) is 0 Å². The summed E-state index contributed by atoms with van der Waals surface area (Å²) in [5.41, 5.74) is 3.93. The van der Waals surface area contributed by atoms with Crippen LogP contribution in [-0.4, -0.2) is 36.6 Å². The number of anilines is 1. The van der Waals surface area contributed by atoms with E-state index < -0.39 is 5.60 Å². The molecular weight excluding hydrogens is 308 g/mol. The highest BCUT2D eigenvalue weighted by atomic mass is 32.2. The lowest BCUT2D eigenvalue weighted by atomic mass is 10.1. The van der Waals surface area contributed by atoms with Crippen LogP contribution < -0.4 is 10.2 Å². The molecule has 23 heavy (non-hydrogen) atoms. The van der Waals surface area contributed by atoms with Crippen LogP contribution in [0.15, 0.2) is 17.0 Å². The first-order chi connectivity index (χ1) is 10.8. The maximum Gasteiger partial charge on any atom is 0.407 e. The summed E-state index contributed by atoms with van der Waals surface area (Å²) in [6.07, 6.45) is 1.93. The van der Waals surface area contributed by atoms with E-state index in [0.717, 1.165) is 25.9 Å². The number of rotatable bonds is 3. The number of hydrogen-bond acceptors (Lipinski definition) is 4. The first-order valence-corrected chi connectivity index (χ1v) is 9.34. The fourth-order valence-electron chi connectivity index (χ4n) is 3.34. The zero-order valence-corrected chi connectivity index (χ0v) is 15.3. The molecular formula is C18H26N2O2S. The molecule has 1 aromatic rings. The van der Waals surface area contributed by atoms with E-state index in [1.165, 1.54) is 27.5 Å². The van der Waals surface area contributed by atoms with Gasteiger partial charge in [0.25, 0.3) is 0 Å². The molecule has 5 heteroatoms. The van der Waals surface area contributed by atoms with Crippen LogP contribution in [0.5, 0.6) is 0 Å². The van der Waals surface area contributed by atoms with E-state index in [9.17, 15) is 4.79 Å². The van der Waals surface area contributed by atoms with Gasteiger partial charge in [-0.1, -0.05) is 6.07 Å². The molecule has 0 radical (unpaired) electrons. The van der Waals surface area contributed by atoms with E-state index in [0.29, 0.717) is 0 Å². The summed E-state index contributed by atoms with van der Waals surface area (Å²) in [4.78, 5) is 15.8. The Balaban J connectivity index is 1.65. The van der Waals surface area contributed by atoms with Gasteiger partial charge in [0.15, 0.2) is 0 Å². The Morgan fingerprint density at radius 3 is 2.91 bits per heavy atom. The van der Waals surface area contributed by atoms with Gasteiger partial charge in [-0.25, -0.2) is 4.79 Å². The smallest absolute Gasteiger partial charge is 0.407 e. The van der Waals surface area contributed by atoms with Crippen LogP contribution in [0.3, 0.4) is 0 Å². The third kappa shape index (κ3) is 3.77. The van der Waals surface area contributed by atoms with E-state index in [2.05, 4.69) is 22.3 Å². The first kappa shape index (κ1) is 16.5. The molecule has 0 aromatic heterocycles. The molecule has 1 N–H and O–H groups in total. The van der Waals surface area contributed by atoms with E-state index in [1.54, 1.807) is 0 Å². The molecule has 1 aromatic carbocycles. The maximum atomic E-state index is 11.9. The topological polar surface area (TPSA) is 41.6 Å². The lowest BCUT2D eigenvalue weighted by molar-refractivity contribution is 0.0510. The van der Waals surface area contributed by atoms with Gasteiger partial charge < -0.3 is 15.0 Å². The minimum Gasteiger partial charge on any atom is -0.444 e. The van der Waals surface area contributed by atoms with Crippen molar-refractivity contribution >= 4 is 23.5 Å². The number of hydrogen-bond donors (Lipinski definition) is 1. The number of carbonyl (C=O) groups is 1. The van der Waals surface area contributed by atoms with Crippen molar-refractivity contribution in [2.24, 2.45) is 0 Å². The van der Waals surface area contributed by atoms with Crippen LogP contribution in [0.1, 0.15) is 38.8 Å². The third-order valence-electron chi connectivity index (χ3n) is 4.16. The molecule has 0 fully saturated rings. The molecule has 2 aliphatic rings. The Labute approximate surface area is 143 Å². The van der Waals surface area contributed by atoms with Crippen molar-refractivity contribution in [2.75, 3.05) is 23.7 Å². The average molecular weight is 334 g/mol. The molecule has 2 heterocycles. The largest absolute Gasteiger partial charge is 0.444 e. The molecule has 0 saturated carbocycles. The summed E-state index contributed by atoms with van der Waals surface area (Å²) in [6.45, 7) is 9.56. The second kappa shape index (κ2) is 6.27. The molecule has 1 amide bonds. The zero-order valence-electron chi connectivity index (χ0n) is 14.4. The minimum atomic E-state index is -0.456. The monoisotopic (exact) mass is 334 g/mol. The molecule has 2 aliphatic heterocycles. The molecule has 0 bridgehead atoms. The van der Waals surface area contributed by atoms with Crippen molar-refractivity contribution in [1.29, 1.82) is 0 Å². The summed E-state index contributed by atoms with van der Waals surface area (Å²) in [5, 5.41) is 2.95. The first-order valence-electron chi connectivity index (χ1n) is 8.35. The van der Waals surface area contributed by atoms with Crippen molar-refractivity contribution in [3.63, 3.8) is 0 Å². The van der Waals surface area contributed by atoms with E-state index in [4.69, 9.17) is 4.74 Å². The van der Waals surface area contributed by atoms with Gasteiger partial charge in [-0.3, -0.25) is 0 Å². The summed E-state index contributed by atoms with van der Waals surface area (Å²) in [7, 11) is 0. The third-order valence-corrected chi connectivity index (χ3v) is 5.26. The number of ether oxygens (including phenoxy) is 1. The van der Waals surface area contributed by atoms with E-state index >= 15 is 0 Å². The van der Waals surface area contributed by atoms with Gasteiger partial charge in [0, 0.05) is 35.5 Å². The van der Waals surface area contributed by atoms with Crippen LogP contribution in [0.25, 0.3) is 0 Å². The van der Waals surface area contributed by atoms with Crippen molar-refractivity contribution in [2.45, 2.75) is 57.1 Å². The summed E-state index contributed by atoms with van der Waals surface area (Å²) < 4.78 is 5.34. The summed E-state index contributed by atoms with van der Waals surface area (Å²) in [5.74, 6) is 1.19. The Morgan fingerprint density at radius 2 is 2.17 bits per heavy atom.